The molecule has 1 aliphatic carbocycles. The molecule has 80 valence electrons. The first kappa shape index (κ1) is 13.4. The third-order valence-electron chi connectivity index (χ3n) is 2.50. The first-order valence-electron chi connectivity index (χ1n) is 4.44. The summed E-state index contributed by atoms with van der Waals surface area (Å²) in [6.07, 6.45) is 1.95. The van der Waals surface area contributed by atoms with E-state index in [1.54, 1.807) is 0 Å². The minimum atomic E-state index is -0.624. The molecular formula is C8H17Cl2FN2. The molecule has 1 aliphatic heterocycles. The van der Waals surface area contributed by atoms with Crippen LogP contribution in [0, 0.1) is 5.92 Å². The molecule has 2 fully saturated rings. The predicted octanol–water partition coefficient (Wildman–Crippen LogP) is 1.14. The maximum Gasteiger partial charge on any atom is 0.118 e. The van der Waals surface area contributed by atoms with Crippen molar-refractivity contribution in [3.05, 3.63) is 0 Å². The first-order chi connectivity index (χ1) is 5.36. The third-order valence-corrected chi connectivity index (χ3v) is 2.50. The van der Waals surface area contributed by atoms with Crippen LogP contribution in [0.3, 0.4) is 0 Å². The van der Waals surface area contributed by atoms with Crippen molar-refractivity contribution >= 4 is 24.8 Å². The fourth-order valence-electron chi connectivity index (χ4n) is 1.51. The summed E-state index contributed by atoms with van der Waals surface area (Å²) in [5.74, 6) is 0.218. The third kappa shape index (κ3) is 3.98. The Morgan fingerprint density at radius 3 is 2.38 bits per heavy atom. The molecule has 2 rings (SSSR count). The van der Waals surface area contributed by atoms with E-state index in [1.807, 2.05) is 0 Å². The van der Waals surface area contributed by atoms with Gasteiger partial charge in [0.25, 0.3) is 0 Å². The van der Waals surface area contributed by atoms with E-state index in [1.165, 1.54) is 12.8 Å². The quantitative estimate of drug-likeness (QED) is 0.761. The smallest absolute Gasteiger partial charge is 0.118 e. The fraction of sp³-hybridized carbons (Fsp3) is 1.00. The van der Waals surface area contributed by atoms with Gasteiger partial charge in [-0.05, 0) is 12.8 Å². The van der Waals surface area contributed by atoms with E-state index in [0.29, 0.717) is 12.6 Å². The van der Waals surface area contributed by atoms with Gasteiger partial charge in [-0.2, -0.15) is 0 Å². The van der Waals surface area contributed by atoms with Crippen molar-refractivity contribution < 1.29 is 4.39 Å². The second-order valence-corrected chi connectivity index (χ2v) is 3.62. The zero-order valence-electron chi connectivity index (χ0n) is 7.46. The molecule has 2 nitrogen and oxygen atoms in total. The van der Waals surface area contributed by atoms with Gasteiger partial charge in [0, 0.05) is 31.6 Å². The van der Waals surface area contributed by atoms with Crippen LogP contribution in [-0.4, -0.2) is 31.8 Å². The molecular weight excluding hydrogens is 214 g/mol. The molecule has 2 unspecified atom stereocenters. The summed E-state index contributed by atoms with van der Waals surface area (Å²) in [4.78, 5) is 0. The van der Waals surface area contributed by atoms with Crippen molar-refractivity contribution in [2.75, 3.05) is 19.6 Å². The molecule has 0 radical (unpaired) electrons. The van der Waals surface area contributed by atoms with Crippen LogP contribution in [-0.2, 0) is 0 Å². The Kier molecular flexibility index (Phi) is 6.21. The Labute approximate surface area is 90.9 Å². The number of halogens is 3. The minimum absolute atomic E-state index is 0. The Hall–Kier alpha value is 0.430. The summed E-state index contributed by atoms with van der Waals surface area (Å²) >= 11 is 0. The van der Waals surface area contributed by atoms with Gasteiger partial charge in [-0.1, -0.05) is 0 Å². The molecule has 0 aromatic heterocycles. The summed E-state index contributed by atoms with van der Waals surface area (Å²) in [6.45, 7) is 2.26. The van der Waals surface area contributed by atoms with Crippen molar-refractivity contribution in [3.8, 4) is 0 Å². The Balaban J connectivity index is 0.000000720. The average Bonchev–Trinajstić information content (AvgIpc) is 2.73. The zero-order chi connectivity index (χ0) is 7.68. The largest absolute Gasteiger partial charge is 0.314 e. The lowest BCUT2D eigenvalue weighted by atomic mass is 10.1. The van der Waals surface area contributed by atoms with Crippen LogP contribution < -0.4 is 10.6 Å². The average molecular weight is 231 g/mol. The van der Waals surface area contributed by atoms with Crippen LogP contribution in [0.2, 0.25) is 0 Å². The molecule has 0 amide bonds. The minimum Gasteiger partial charge on any atom is -0.314 e. The number of hydrogen-bond acceptors (Lipinski definition) is 2. The van der Waals surface area contributed by atoms with Gasteiger partial charge in [-0.3, -0.25) is 0 Å². The molecule has 0 aromatic rings. The van der Waals surface area contributed by atoms with Crippen LogP contribution in [0.5, 0.6) is 0 Å². The van der Waals surface area contributed by atoms with E-state index in [0.717, 1.165) is 13.1 Å². The molecule has 1 heterocycles. The van der Waals surface area contributed by atoms with Crippen LogP contribution in [0.15, 0.2) is 0 Å². The molecule has 2 aliphatic rings. The number of rotatable bonds is 3. The van der Waals surface area contributed by atoms with Crippen LogP contribution in [0.1, 0.15) is 12.8 Å². The Morgan fingerprint density at radius 2 is 1.92 bits per heavy atom. The van der Waals surface area contributed by atoms with Crippen molar-refractivity contribution in [1.29, 1.82) is 0 Å². The van der Waals surface area contributed by atoms with E-state index in [9.17, 15) is 4.39 Å². The lowest BCUT2D eigenvalue weighted by molar-refractivity contribution is 0.276. The molecule has 1 saturated carbocycles. The highest BCUT2D eigenvalue weighted by molar-refractivity contribution is 5.85. The monoisotopic (exact) mass is 230 g/mol. The van der Waals surface area contributed by atoms with Crippen LogP contribution in [0.25, 0.3) is 0 Å². The van der Waals surface area contributed by atoms with Gasteiger partial charge in [0.05, 0.1) is 0 Å². The highest BCUT2D eigenvalue weighted by Crippen LogP contribution is 2.20. The topological polar surface area (TPSA) is 24.1 Å². The molecule has 2 atom stereocenters. The second kappa shape index (κ2) is 6.02. The van der Waals surface area contributed by atoms with Crippen molar-refractivity contribution in [3.63, 3.8) is 0 Å². The van der Waals surface area contributed by atoms with Crippen LogP contribution >= 0.6 is 24.8 Å². The highest BCUT2D eigenvalue weighted by atomic mass is 35.5. The number of nitrogens with one attached hydrogen (secondary N) is 2. The molecule has 0 bridgehead atoms. The van der Waals surface area contributed by atoms with E-state index in [2.05, 4.69) is 10.6 Å². The normalized spacial score (nSPS) is 32.1. The van der Waals surface area contributed by atoms with Gasteiger partial charge in [-0.25, -0.2) is 4.39 Å². The molecule has 5 heteroatoms. The van der Waals surface area contributed by atoms with E-state index >= 15 is 0 Å². The van der Waals surface area contributed by atoms with E-state index in [4.69, 9.17) is 0 Å². The summed E-state index contributed by atoms with van der Waals surface area (Å²) in [5, 5.41) is 6.40. The van der Waals surface area contributed by atoms with Crippen LogP contribution in [0.4, 0.5) is 4.39 Å². The van der Waals surface area contributed by atoms with Gasteiger partial charge in [0.15, 0.2) is 0 Å². The van der Waals surface area contributed by atoms with Crippen molar-refractivity contribution in [2.45, 2.75) is 25.1 Å². The Morgan fingerprint density at radius 1 is 1.23 bits per heavy atom. The van der Waals surface area contributed by atoms with Gasteiger partial charge >= 0.3 is 0 Å². The SMILES string of the molecule is Cl.Cl.FC1CNCC1CNC1CC1. The van der Waals surface area contributed by atoms with E-state index in [-0.39, 0.29) is 30.7 Å². The Bertz CT molecular complexity index is 144. The molecule has 1 saturated heterocycles. The molecule has 13 heavy (non-hydrogen) atoms. The van der Waals surface area contributed by atoms with Gasteiger partial charge in [0.2, 0.25) is 0 Å². The molecule has 0 aromatic carbocycles. The maximum absolute atomic E-state index is 13.0. The van der Waals surface area contributed by atoms with E-state index < -0.39 is 6.17 Å². The predicted molar refractivity (Wildman–Crippen MR) is 56.8 cm³/mol. The molecule has 2 N–H and O–H groups in total. The maximum atomic E-state index is 13.0. The molecule has 0 spiro atoms. The van der Waals surface area contributed by atoms with Crippen molar-refractivity contribution in [1.82, 2.24) is 10.6 Å². The van der Waals surface area contributed by atoms with Gasteiger partial charge in [-0.15, -0.1) is 24.8 Å². The fourth-order valence-corrected chi connectivity index (χ4v) is 1.51. The number of alkyl halides is 1. The highest BCUT2D eigenvalue weighted by Gasteiger charge is 2.28. The summed E-state index contributed by atoms with van der Waals surface area (Å²) in [6, 6.07) is 0.711. The van der Waals surface area contributed by atoms with Crippen molar-refractivity contribution in [2.24, 2.45) is 5.92 Å². The van der Waals surface area contributed by atoms with Gasteiger partial charge in [0.1, 0.15) is 6.17 Å². The second-order valence-electron chi connectivity index (χ2n) is 3.62. The summed E-state index contributed by atoms with van der Waals surface area (Å²) in [7, 11) is 0. The van der Waals surface area contributed by atoms with Gasteiger partial charge < -0.3 is 10.6 Å². The lowest BCUT2D eigenvalue weighted by Crippen LogP contribution is -2.29. The zero-order valence-corrected chi connectivity index (χ0v) is 9.10. The lowest BCUT2D eigenvalue weighted by Gasteiger charge is -2.11. The summed E-state index contributed by atoms with van der Waals surface area (Å²) < 4.78 is 13.0. The number of hydrogen-bond donors (Lipinski definition) is 2. The summed E-state index contributed by atoms with van der Waals surface area (Å²) in [5.41, 5.74) is 0. The first-order valence-corrected chi connectivity index (χ1v) is 4.44. The standard InChI is InChI=1S/C8H15FN2.2ClH/c9-8-5-10-3-6(8)4-11-7-1-2-7;;/h6-8,10-11H,1-5H2;2*1H.